The highest BCUT2D eigenvalue weighted by atomic mass is 19.1. The predicted molar refractivity (Wildman–Crippen MR) is 127 cm³/mol. The number of primary amides is 1. The van der Waals surface area contributed by atoms with Crippen LogP contribution in [0.3, 0.4) is 0 Å². The van der Waals surface area contributed by atoms with Crippen LogP contribution < -0.4 is 21.3 Å². The van der Waals surface area contributed by atoms with Gasteiger partial charge in [0.05, 0.1) is 12.1 Å². The summed E-state index contributed by atoms with van der Waals surface area (Å²) in [5, 5.41) is 6.32. The molecule has 4 N–H and O–H groups in total. The van der Waals surface area contributed by atoms with Gasteiger partial charge in [-0.2, -0.15) is 4.98 Å². The molecule has 1 aliphatic heterocycles. The van der Waals surface area contributed by atoms with Gasteiger partial charge >= 0.3 is 0 Å². The molecule has 1 aromatic carbocycles. The molecule has 2 bridgehead atoms. The standard InChI is InChI=1S/C24H30FN7O/c1-14-11-17(5-6-19(14)32-9-7-31(2)8-10-32)28-24-27-13-18(25)23(30-24)29-21-16-4-3-15(12-16)20(21)22(26)33/h3-6,11,13,15-16,20-21H,7-10,12H2,1-2H3,(H2,26,33)(H2,27,28,29,30)/t15-,16+,20?,21?/m0/s1. The highest BCUT2D eigenvalue weighted by molar-refractivity contribution is 5.79. The number of benzene rings is 1. The van der Waals surface area contributed by atoms with Crippen LogP contribution >= 0.6 is 0 Å². The van der Waals surface area contributed by atoms with Gasteiger partial charge in [0.1, 0.15) is 0 Å². The molecule has 1 saturated carbocycles. The average Bonchev–Trinajstić information content (AvgIpc) is 3.39. The van der Waals surface area contributed by atoms with Crippen LogP contribution in [0.4, 0.5) is 27.5 Å². The van der Waals surface area contributed by atoms with Crippen molar-refractivity contribution < 1.29 is 9.18 Å². The number of aromatic nitrogens is 2. The van der Waals surface area contributed by atoms with E-state index >= 15 is 0 Å². The van der Waals surface area contributed by atoms with Crippen molar-refractivity contribution in [2.24, 2.45) is 23.5 Å². The zero-order chi connectivity index (χ0) is 23.1. The van der Waals surface area contributed by atoms with Gasteiger partial charge in [-0.25, -0.2) is 9.37 Å². The van der Waals surface area contributed by atoms with E-state index in [2.05, 4.69) is 62.6 Å². The van der Waals surface area contributed by atoms with E-state index in [0.29, 0.717) is 5.95 Å². The van der Waals surface area contributed by atoms with E-state index < -0.39 is 5.82 Å². The topological polar surface area (TPSA) is 99.4 Å². The van der Waals surface area contributed by atoms with Crippen molar-refractivity contribution >= 4 is 29.0 Å². The second kappa shape index (κ2) is 8.62. The van der Waals surface area contributed by atoms with Gasteiger partial charge in [-0.05, 0) is 56.0 Å². The fraction of sp³-hybridized carbons (Fsp3) is 0.458. The van der Waals surface area contributed by atoms with Crippen molar-refractivity contribution in [1.29, 1.82) is 0 Å². The van der Waals surface area contributed by atoms with Crippen molar-refractivity contribution in [1.82, 2.24) is 14.9 Å². The maximum absolute atomic E-state index is 14.5. The van der Waals surface area contributed by atoms with E-state index in [0.717, 1.165) is 50.0 Å². The van der Waals surface area contributed by atoms with Crippen LogP contribution in [0.15, 0.2) is 36.5 Å². The molecule has 1 aromatic heterocycles. The summed E-state index contributed by atoms with van der Waals surface area (Å²) in [4.78, 5) is 25.2. The summed E-state index contributed by atoms with van der Waals surface area (Å²) in [5.74, 6) is -0.673. The van der Waals surface area contributed by atoms with Crippen molar-refractivity contribution in [3.63, 3.8) is 0 Å². The molecular weight excluding hydrogens is 421 g/mol. The largest absolute Gasteiger partial charge is 0.369 e. The maximum Gasteiger partial charge on any atom is 0.229 e. The third-order valence-corrected chi connectivity index (χ3v) is 7.13. The number of fused-ring (bicyclic) bond motifs is 2. The molecule has 9 heteroatoms. The maximum atomic E-state index is 14.5. The van der Waals surface area contributed by atoms with E-state index in [9.17, 15) is 9.18 Å². The molecule has 2 fully saturated rings. The molecule has 3 aliphatic rings. The van der Waals surface area contributed by atoms with E-state index in [-0.39, 0.29) is 35.5 Å². The summed E-state index contributed by atoms with van der Waals surface area (Å²) < 4.78 is 14.5. The van der Waals surface area contributed by atoms with Gasteiger partial charge in [-0.1, -0.05) is 12.2 Å². The van der Waals surface area contributed by atoms with Crippen molar-refractivity contribution in [2.75, 3.05) is 48.8 Å². The lowest BCUT2D eigenvalue weighted by atomic mass is 9.88. The molecule has 2 aromatic rings. The number of allylic oxidation sites excluding steroid dienone is 1. The number of hydrogen-bond donors (Lipinski definition) is 3. The Morgan fingerprint density at radius 3 is 2.67 bits per heavy atom. The van der Waals surface area contributed by atoms with Gasteiger partial charge in [0.2, 0.25) is 11.9 Å². The van der Waals surface area contributed by atoms with Crippen LogP contribution in [0.5, 0.6) is 0 Å². The number of nitrogens with two attached hydrogens (primary N) is 1. The first kappa shape index (κ1) is 21.6. The van der Waals surface area contributed by atoms with Crippen LogP contribution in [-0.2, 0) is 4.79 Å². The Bertz CT molecular complexity index is 1080. The fourth-order valence-electron chi connectivity index (χ4n) is 5.36. The summed E-state index contributed by atoms with van der Waals surface area (Å²) in [7, 11) is 2.14. The normalized spacial score (nSPS) is 26.6. The quantitative estimate of drug-likeness (QED) is 0.581. The van der Waals surface area contributed by atoms with Gasteiger partial charge in [0.15, 0.2) is 11.6 Å². The highest BCUT2D eigenvalue weighted by Gasteiger charge is 2.47. The van der Waals surface area contributed by atoms with Crippen molar-refractivity contribution in [3.8, 4) is 0 Å². The number of rotatable bonds is 6. The molecule has 0 radical (unpaired) electrons. The van der Waals surface area contributed by atoms with E-state index in [4.69, 9.17) is 5.73 Å². The number of likely N-dealkylation sites (N-methyl/N-ethyl adjacent to an activating group) is 1. The van der Waals surface area contributed by atoms with Crippen LogP contribution in [0.1, 0.15) is 12.0 Å². The van der Waals surface area contributed by atoms with Gasteiger partial charge in [0.25, 0.3) is 0 Å². The van der Waals surface area contributed by atoms with Gasteiger partial charge in [-0.3, -0.25) is 4.79 Å². The number of halogens is 1. The third-order valence-electron chi connectivity index (χ3n) is 7.13. The van der Waals surface area contributed by atoms with Crippen molar-refractivity contribution in [2.45, 2.75) is 19.4 Å². The van der Waals surface area contributed by atoms with E-state index in [1.165, 1.54) is 5.69 Å². The van der Waals surface area contributed by atoms with Crippen LogP contribution in [-0.4, -0.2) is 60.0 Å². The summed E-state index contributed by atoms with van der Waals surface area (Å²) in [6.07, 6.45) is 6.11. The van der Waals surface area contributed by atoms with Crippen LogP contribution in [0.25, 0.3) is 0 Å². The van der Waals surface area contributed by atoms with E-state index in [1.807, 2.05) is 12.1 Å². The van der Waals surface area contributed by atoms with Crippen LogP contribution in [0.2, 0.25) is 0 Å². The Labute approximate surface area is 193 Å². The Kier molecular flexibility index (Phi) is 5.65. The summed E-state index contributed by atoms with van der Waals surface area (Å²) in [6.45, 7) is 6.20. The second-order valence-corrected chi connectivity index (χ2v) is 9.35. The molecule has 8 nitrogen and oxygen atoms in total. The first-order valence-electron chi connectivity index (χ1n) is 11.5. The Morgan fingerprint density at radius 1 is 1.18 bits per heavy atom. The first-order chi connectivity index (χ1) is 15.9. The number of carbonyl (C=O) groups is 1. The van der Waals surface area contributed by atoms with E-state index in [1.54, 1.807) is 0 Å². The highest BCUT2D eigenvalue weighted by Crippen LogP contribution is 2.44. The molecule has 2 heterocycles. The molecule has 1 amide bonds. The molecule has 33 heavy (non-hydrogen) atoms. The number of anilines is 4. The Balaban J connectivity index is 1.31. The van der Waals surface area contributed by atoms with Gasteiger partial charge in [-0.15, -0.1) is 0 Å². The smallest absolute Gasteiger partial charge is 0.229 e. The minimum absolute atomic E-state index is 0.0791. The van der Waals surface area contributed by atoms with Gasteiger partial charge < -0.3 is 26.2 Å². The SMILES string of the molecule is Cc1cc(Nc2ncc(F)c(NC3C(C(N)=O)[C@H]4C=C[C@@H]3C4)n2)ccc1N1CCN(C)CC1. The molecule has 2 unspecified atom stereocenters. The summed E-state index contributed by atoms with van der Waals surface area (Å²) in [6, 6.07) is 5.88. The number of carbonyl (C=O) groups excluding carboxylic acids is 1. The minimum Gasteiger partial charge on any atom is -0.369 e. The molecule has 5 rings (SSSR count). The number of aryl methyl sites for hydroxylation is 1. The van der Waals surface area contributed by atoms with Gasteiger partial charge in [0, 0.05) is 43.6 Å². The molecule has 174 valence electrons. The molecule has 2 aliphatic carbocycles. The second-order valence-electron chi connectivity index (χ2n) is 9.35. The molecule has 4 atom stereocenters. The number of amides is 1. The Morgan fingerprint density at radius 2 is 1.94 bits per heavy atom. The molecule has 1 saturated heterocycles. The monoisotopic (exact) mass is 451 g/mol. The number of nitrogens with one attached hydrogen (secondary N) is 2. The Hall–Kier alpha value is -3.20. The minimum atomic E-state index is -0.558. The molecular formula is C24H30FN7O. The number of piperazine rings is 1. The fourth-order valence-corrected chi connectivity index (χ4v) is 5.36. The zero-order valence-corrected chi connectivity index (χ0v) is 19.0. The predicted octanol–water partition coefficient (Wildman–Crippen LogP) is 2.51. The van der Waals surface area contributed by atoms with Crippen molar-refractivity contribution in [3.05, 3.63) is 47.9 Å². The lowest BCUT2D eigenvalue weighted by Gasteiger charge is -2.35. The lowest BCUT2D eigenvalue weighted by molar-refractivity contribution is -0.122. The third kappa shape index (κ3) is 4.25. The number of nitrogens with zero attached hydrogens (tertiary/aromatic N) is 4. The summed E-state index contributed by atoms with van der Waals surface area (Å²) >= 11 is 0. The number of hydrogen-bond acceptors (Lipinski definition) is 7. The van der Waals surface area contributed by atoms with Crippen LogP contribution in [0, 0.1) is 30.5 Å². The average molecular weight is 452 g/mol. The lowest BCUT2D eigenvalue weighted by Crippen LogP contribution is -2.44. The zero-order valence-electron chi connectivity index (χ0n) is 19.0. The first-order valence-corrected chi connectivity index (χ1v) is 11.5. The summed E-state index contributed by atoms with van der Waals surface area (Å²) in [5.41, 5.74) is 8.84. The molecule has 0 spiro atoms.